The molecule has 1 aromatic rings. The number of ether oxygens (including phenoxy) is 1. The van der Waals surface area contributed by atoms with Crippen molar-refractivity contribution in [1.82, 2.24) is 4.98 Å². The minimum Gasteiger partial charge on any atom is -0.477 e. The summed E-state index contributed by atoms with van der Waals surface area (Å²) < 4.78 is 5.91. The lowest BCUT2D eigenvalue weighted by Crippen LogP contribution is -1.98. The lowest BCUT2D eigenvalue weighted by atomic mass is 10.2. The maximum atomic E-state index is 11.0. The van der Waals surface area contributed by atoms with Crippen LogP contribution >= 0.6 is 15.9 Å². The molecular formula is C9H10BrNO2. The molecular weight excluding hydrogens is 234 g/mol. The molecule has 0 atom stereocenters. The summed E-state index contributed by atoms with van der Waals surface area (Å²) in [5.74, 6) is 0.517. The van der Waals surface area contributed by atoms with E-state index in [0.29, 0.717) is 22.5 Å². The van der Waals surface area contributed by atoms with Crippen molar-refractivity contribution in [3.05, 3.63) is 22.3 Å². The highest BCUT2D eigenvalue weighted by Gasteiger charge is 2.05. The van der Waals surface area contributed by atoms with E-state index in [1.165, 1.54) is 13.1 Å². The van der Waals surface area contributed by atoms with Gasteiger partial charge in [-0.15, -0.1) is 0 Å². The van der Waals surface area contributed by atoms with Gasteiger partial charge in [0.15, 0.2) is 5.78 Å². The van der Waals surface area contributed by atoms with Crippen molar-refractivity contribution in [1.29, 1.82) is 0 Å². The fourth-order valence-corrected chi connectivity index (χ4v) is 1.32. The molecule has 1 rings (SSSR count). The van der Waals surface area contributed by atoms with Crippen molar-refractivity contribution in [2.45, 2.75) is 13.8 Å². The van der Waals surface area contributed by atoms with Gasteiger partial charge in [0.05, 0.1) is 11.1 Å². The first-order chi connectivity index (χ1) is 6.15. The maximum Gasteiger partial charge on any atom is 0.227 e. The summed E-state index contributed by atoms with van der Waals surface area (Å²) in [5.41, 5.74) is 0.579. The van der Waals surface area contributed by atoms with E-state index in [-0.39, 0.29) is 5.78 Å². The first kappa shape index (κ1) is 10.2. The monoisotopic (exact) mass is 243 g/mol. The van der Waals surface area contributed by atoms with E-state index in [0.717, 1.165) is 0 Å². The SMILES string of the molecule is CCOc1ncc(C(C)=O)cc1Br. The predicted octanol–water partition coefficient (Wildman–Crippen LogP) is 2.45. The summed E-state index contributed by atoms with van der Waals surface area (Å²) in [6.45, 7) is 3.95. The van der Waals surface area contributed by atoms with Crippen molar-refractivity contribution >= 4 is 21.7 Å². The first-order valence-corrected chi connectivity index (χ1v) is 4.73. The molecule has 0 spiro atoms. The quantitative estimate of drug-likeness (QED) is 0.766. The van der Waals surface area contributed by atoms with E-state index in [1.807, 2.05) is 6.92 Å². The van der Waals surface area contributed by atoms with Gasteiger partial charge in [-0.25, -0.2) is 4.98 Å². The van der Waals surface area contributed by atoms with E-state index >= 15 is 0 Å². The van der Waals surface area contributed by atoms with E-state index in [9.17, 15) is 4.79 Å². The van der Waals surface area contributed by atoms with Crippen LogP contribution in [-0.2, 0) is 0 Å². The van der Waals surface area contributed by atoms with Gasteiger partial charge >= 0.3 is 0 Å². The Labute approximate surface area is 85.3 Å². The predicted molar refractivity (Wildman–Crippen MR) is 53.1 cm³/mol. The first-order valence-electron chi connectivity index (χ1n) is 3.94. The standard InChI is InChI=1S/C9H10BrNO2/c1-3-13-9-8(10)4-7(5-11-9)6(2)12/h4-5H,3H2,1-2H3. The lowest BCUT2D eigenvalue weighted by Gasteiger charge is -2.04. The van der Waals surface area contributed by atoms with Gasteiger partial charge in [0, 0.05) is 11.8 Å². The highest BCUT2D eigenvalue weighted by atomic mass is 79.9. The molecule has 0 unspecified atom stereocenters. The number of ketones is 1. The van der Waals surface area contributed by atoms with E-state index in [1.54, 1.807) is 6.07 Å². The van der Waals surface area contributed by atoms with Crippen LogP contribution in [0.5, 0.6) is 5.88 Å². The number of carbonyl (C=O) groups is 1. The molecule has 0 bridgehead atoms. The second-order valence-corrected chi connectivity index (χ2v) is 3.35. The number of carbonyl (C=O) groups excluding carboxylic acids is 1. The van der Waals surface area contributed by atoms with Crippen LogP contribution in [0.3, 0.4) is 0 Å². The van der Waals surface area contributed by atoms with Crippen molar-refractivity contribution in [2.75, 3.05) is 6.61 Å². The van der Waals surface area contributed by atoms with Crippen molar-refractivity contribution in [3.8, 4) is 5.88 Å². The topological polar surface area (TPSA) is 39.2 Å². The van der Waals surface area contributed by atoms with Gasteiger partial charge in [-0.2, -0.15) is 0 Å². The molecule has 3 nitrogen and oxygen atoms in total. The Morgan fingerprint density at radius 2 is 2.38 bits per heavy atom. The highest BCUT2D eigenvalue weighted by Crippen LogP contribution is 2.22. The van der Waals surface area contributed by atoms with Crippen LogP contribution in [0.25, 0.3) is 0 Å². The van der Waals surface area contributed by atoms with Crippen LogP contribution < -0.4 is 4.74 Å². The summed E-state index contributed by atoms with van der Waals surface area (Å²) in [7, 11) is 0. The number of halogens is 1. The molecule has 0 aliphatic heterocycles. The zero-order valence-corrected chi connectivity index (χ0v) is 9.09. The lowest BCUT2D eigenvalue weighted by molar-refractivity contribution is 0.101. The van der Waals surface area contributed by atoms with Crippen molar-refractivity contribution < 1.29 is 9.53 Å². The largest absolute Gasteiger partial charge is 0.477 e. The third-order valence-electron chi connectivity index (χ3n) is 1.50. The van der Waals surface area contributed by atoms with Gasteiger partial charge in [0.1, 0.15) is 0 Å². The average molecular weight is 244 g/mol. The second-order valence-electron chi connectivity index (χ2n) is 2.50. The minimum absolute atomic E-state index is 0.00347. The molecule has 13 heavy (non-hydrogen) atoms. The van der Waals surface area contributed by atoms with Crippen LogP contribution in [0.15, 0.2) is 16.7 Å². The van der Waals surface area contributed by atoms with Crippen LogP contribution in [0.2, 0.25) is 0 Å². The number of hydrogen-bond acceptors (Lipinski definition) is 3. The van der Waals surface area contributed by atoms with Gasteiger partial charge in [0.2, 0.25) is 5.88 Å². The van der Waals surface area contributed by atoms with Gasteiger partial charge in [-0.05, 0) is 35.8 Å². The van der Waals surface area contributed by atoms with Crippen LogP contribution in [0, 0.1) is 0 Å². The second kappa shape index (κ2) is 4.37. The molecule has 1 aromatic heterocycles. The summed E-state index contributed by atoms with van der Waals surface area (Å²) in [6.07, 6.45) is 1.51. The van der Waals surface area contributed by atoms with Gasteiger partial charge in [-0.3, -0.25) is 4.79 Å². The van der Waals surface area contributed by atoms with E-state index in [4.69, 9.17) is 4.74 Å². The van der Waals surface area contributed by atoms with E-state index in [2.05, 4.69) is 20.9 Å². The van der Waals surface area contributed by atoms with Crippen LogP contribution in [0.1, 0.15) is 24.2 Å². The Morgan fingerprint density at radius 1 is 1.69 bits per heavy atom. The normalized spacial score (nSPS) is 9.77. The molecule has 0 saturated carbocycles. The number of hydrogen-bond donors (Lipinski definition) is 0. The molecule has 0 saturated heterocycles. The molecule has 1 heterocycles. The Hall–Kier alpha value is -0.900. The molecule has 0 fully saturated rings. The Kier molecular flexibility index (Phi) is 3.42. The molecule has 0 aliphatic carbocycles. The smallest absolute Gasteiger partial charge is 0.227 e. The molecule has 0 radical (unpaired) electrons. The molecule has 4 heteroatoms. The third kappa shape index (κ3) is 2.52. The van der Waals surface area contributed by atoms with Crippen LogP contribution in [0.4, 0.5) is 0 Å². The summed E-state index contributed by atoms with van der Waals surface area (Å²) >= 11 is 3.28. The number of pyridine rings is 1. The van der Waals surface area contributed by atoms with Crippen molar-refractivity contribution in [3.63, 3.8) is 0 Å². The Morgan fingerprint density at radius 3 is 2.85 bits per heavy atom. The Balaban J connectivity index is 2.98. The maximum absolute atomic E-state index is 11.0. The summed E-state index contributed by atoms with van der Waals surface area (Å²) in [6, 6.07) is 1.71. The molecule has 70 valence electrons. The fourth-order valence-electron chi connectivity index (χ4n) is 0.861. The van der Waals surface area contributed by atoms with E-state index < -0.39 is 0 Å². The minimum atomic E-state index is -0.00347. The number of rotatable bonds is 3. The average Bonchev–Trinajstić information content (AvgIpc) is 2.08. The van der Waals surface area contributed by atoms with Crippen molar-refractivity contribution in [2.24, 2.45) is 0 Å². The summed E-state index contributed by atoms with van der Waals surface area (Å²) in [4.78, 5) is 15.0. The summed E-state index contributed by atoms with van der Waals surface area (Å²) in [5, 5.41) is 0. The zero-order valence-electron chi connectivity index (χ0n) is 7.50. The molecule has 0 N–H and O–H groups in total. The van der Waals surface area contributed by atoms with Gasteiger partial charge in [0.25, 0.3) is 0 Å². The van der Waals surface area contributed by atoms with Gasteiger partial charge in [-0.1, -0.05) is 0 Å². The number of Topliss-reactive ketones (excluding diaryl/α,β-unsaturated/α-hetero) is 1. The molecule has 0 amide bonds. The van der Waals surface area contributed by atoms with Gasteiger partial charge < -0.3 is 4.74 Å². The van der Waals surface area contributed by atoms with Crippen LogP contribution in [-0.4, -0.2) is 17.4 Å². The molecule has 0 aliphatic rings. The number of aromatic nitrogens is 1. The fraction of sp³-hybridized carbons (Fsp3) is 0.333. The molecule has 0 aromatic carbocycles. The number of nitrogens with zero attached hydrogens (tertiary/aromatic N) is 1. The third-order valence-corrected chi connectivity index (χ3v) is 2.06. The Bertz CT molecular complexity index is 325. The highest BCUT2D eigenvalue weighted by molar-refractivity contribution is 9.10. The zero-order chi connectivity index (χ0) is 9.84.